The molecule has 7 heteroatoms. The Hall–Kier alpha value is -2.41. The van der Waals surface area contributed by atoms with E-state index in [4.69, 9.17) is 14.6 Å². The van der Waals surface area contributed by atoms with E-state index >= 15 is 0 Å². The monoisotopic (exact) mass is 429 g/mol. The lowest BCUT2D eigenvalue weighted by Crippen LogP contribution is -2.42. The van der Waals surface area contributed by atoms with Crippen LogP contribution in [0.2, 0.25) is 0 Å². The average molecular weight is 430 g/mol. The molecule has 0 unspecified atom stereocenters. The second-order valence-electron chi connectivity index (χ2n) is 9.51. The number of amides is 1. The number of carbonyl (C=O) groups is 2. The Balaban J connectivity index is 1.60. The van der Waals surface area contributed by atoms with Crippen LogP contribution in [0.15, 0.2) is 18.3 Å². The van der Waals surface area contributed by atoms with Crippen LogP contribution in [0.25, 0.3) is 10.9 Å². The fourth-order valence-corrected chi connectivity index (χ4v) is 4.02. The number of piperidine rings is 1. The number of aryl methyl sites for hydroxylation is 1. The summed E-state index contributed by atoms with van der Waals surface area (Å²) in [5, 5.41) is 5.72. The van der Waals surface area contributed by atoms with E-state index in [0.29, 0.717) is 32.0 Å². The van der Waals surface area contributed by atoms with E-state index in [9.17, 15) is 9.59 Å². The molecule has 3 rings (SSSR count). The van der Waals surface area contributed by atoms with Crippen molar-refractivity contribution in [2.24, 2.45) is 5.92 Å². The number of carbonyl (C=O) groups excluding carboxylic acids is 2. The van der Waals surface area contributed by atoms with Gasteiger partial charge in [0, 0.05) is 56.9 Å². The van der Waals surface area contributed by atoms with E-state index in [0.717, 1.165) is 47.8 Å². The Morgan fingerprint density at radius 2 is 1.90 bits per heavy atom. The zero-order valence-electron chi connectivity index (χ0n) is 19.4. The number of benzene rings is 1. The highest BCUT2D eigenvalue weighted by Gasteiger charge is 2.27. The summed E-state index contributed by atoms with van der Waals surface area (Å²) < 4.78 is 12.5. The molecule has 1 aromatic heterocycles. The summed E-state index contributed by atoms with van der Waals surface area (Å²) in [5.41, 5.74) is 2.18. The van der Waals surface area contributed by atoms with E-state index < -0.39 is 5.60 Å². The van der Waals surface area contributed by atoms with Gasteiger partial charge in [-0.3, -0.25) is 9.48 Å². The van der Waals surface area contributed by atoms with Crippen LogP contribution >= 0.6 is 0 Å². The molecule has 0 bridgehead atoms. The normalized spacial score (nSPS) is 15.5. The molecule has 2 aromatic rings. The van der Waals surface area contributed by atoms with Gasteiger partial charge in [-0.25, -0.2) is 4.79 Å². The molecule has 1 aromatic carbocycles. The van der Waals surface area contributed by atoms with Crippen LogP contribution in [0.3, 0.4) is 0 Å². The van der Waals surface area contributed by atoms with Gasteiger partial charge in [-0.2, -0.15) is 5.10 Å². The lowest BCUT2D eigenvalue weighted by Gasteiger charge is -2.33. The summed E-state index contributed by atoms with van der Waals surface area (Å²) in [7, 11) is 1.65. The molecule has 31 heavy (non-hydrogen) atoms. The van der Waals surface area contributed by atoms with E-state index in [1.807, 2.05) is 50.7 Å². The Morgan fingerprint density at radius 1 is 1.19 bits per heavy atom. The molecule has 0 spiro atoms. The zero-order valence-corrected chi connectivity index (χ0v) is 19.4. The van der Waals surface area contributed by atoms with Gasteiger partial charge in [-0.05, 0) is 70.6 Å². The number of hydrogen-bond donors (Lipinski definition) is 0. The summed E-state index contributed by atoms with van der Waals surface area (Å²) in [6.45, 7) is 10.5. The van der Waals surface area contributed by atoms with Crippen molar-refractivity contribution >= 4 is 22.8 Å². The van der Waals surface area contributed by atoms with Crippen LogP contribution in [0, 0.1) is 12.8 Å². The number of rotatable bonds is 7. The number of ether oxygens (including phenoxy) is 2. The molecule has 1 saturated heterocycles. The van der Waals surface area contributed by atoms with E-state index in [-0.39, 0.29) is 11.9 Å². The third kappa shape index (κ3) is 6.29. The number of nitrogens with zero attached hydrogens (tertiary/aromatic N) is 3. The van der Waals surface area contributed by atoms with Gasteiger partial charge in [-0.15, -0.1) is 0 Å². The molecule has 2 heterocycles. The first-order valence-electron chi connectivity index (χ1n) is 11.1. The molecule has 1 aliphatic heterocycles. The SMILES string of the molecule is COCCCC(=O)c1cc2cn(CC3CCN(C(=O)OC(C)(C)C)CC3)nc2cc1C. The van der Waals surface area contributed by atoms with Crippen molar-refractivity contribution in [3.63, 3.8) is 0 Å². The van der Waals surface area contributed by atoms with Crippen molar-refractivity contribution in [1.82, 2.24) is 14.7 Å². The lowest BCUT2D eigenvalue weighted by atomic mass is 9.97. The molecule has 0 N–H and O–H groups in total. The number of methoxy groups -OCH3 is 1. The summed E-state index contributed by atoms with van der Waals surface area (Å²) >= 11 is 0. The van der Waals surface area contributed by atoms with E-state index in [2.05, 4.69) is 0 Å². The summed E-state index contributed by atoms with van der Waals surface area (Å²) in [6, 6.07) is 3.97. The number of aromatic nitrogens is 2. The predicted octanol–water partition coefficient (Wildman–Crippen LogP) is 4.60. The molecular formula is C24H35N3O4. The van der Waals surface area contributed by atoms with Crippen molar-refractivity contribution in [1.29, 1.82) is 0 Å². The predicted molar refractivity (Wildman–Crippen MR) is 120 cm³/mol. The molecule has 7 nitrogen and oxygen atoms in total. The van der Waals surface area contributed by atoms with Gasteiger partial charge in [0.15, 0.2) is 5.78 Å². The molecule has 1 amide bonds. The van der Waals surface area contributed by atoms with Crippen LogP contribution in [-0.4, -0.2) is 59.0 Å². The smallest absolute Gasteiger partial charge is 0.410 e. The van der Waals surface area contributed by atoms with Crippen LogP contribution in [0.4, 0.5) is 4.79 Å². The van der Waals surface area contributed by atoms with Gasteiger partial charge in [0.05, 0.1) is 5.52 Å². The number of likely N-dealkylation sites (tertiary alicyclic amines) is 1. The van der Waals surface area contributed by atoms with Crippen molar-refractivity contribution in [3.8, 4) is 0 Å². The van der Waals surface area contributed by atoms with Gasteiger partial charge in [0.1, 0.15) is 5.60 Å². The summed E-state index contributed by atoms with van der Waals surface area (Å²) in [6.07, 6.45) is 4.88. The fourth-order valence-electron chi connectivity index (χ4n) is 4.02. The van der Waals surface area contributed by atoms with Crippen LogP contribution in [0.5, 0.6) is 0 Å². The van der Waals surface area contributed by atoms with E-state index in [1.165, 1.54) is 0 Å². The zero-order chi connectivity index (χ0) is 22.6. The maximum atomic E-state index is 12.6. The molecule has 170 valence electrons. The van der Waals surface area contributed by atoms with Crippen LogP contribution in [-0.2, 0) is 16.0 Å². The largest absolute Gasteiger partial charge is 0.444 e. The molecule has 0 aliphatic carbocycles. The van der Waals surface area contributed by atoms with Crippen molar-refractivity contribution in [2.45, 2.75) is 65.5 Å². The third-order valence-electron chi connectivity index (χ3n) is 5.66. The van der Waals surface area contributed by atoms with Gasteiger partial charge < -0.3 is 14.4 Å². The topological polar surface area (TPSA) is 73.7 Å². The molecule has 1 fully saturated rings. The minimum atomic E-state index is -0.467. The quantitative estimate of drug-likeness (QED) is 0.475. The number of fused-ring (bicyclic) bond motifs is 1. The fraction of sp³-hybridized carbons (Fsp3) is 0.625. The number of ketones is 1. The minimum Gasteiger partial charge on any atom is -0.444 e. The molecule has 1 aliphatic rings. The summed E-state index contributed by atoms with van der Waals surface area (Å²) in [5.74, 6) is 0.614. The maximum Gasteiger partial charge on any atom is 0.410 e. The third-order valence-corrected chi connectivity index (χ3v) is 5.66. The maximum absolute atomic E-state index is 12.6. The van der Waals surface area contributed by atoms with Gasteiger partial charge >= 0.3 is 6.09 Å². The lowest BCUT2D eigenvalue weighted by molar-refractivity contribution is 0.0177. The minimum absolute atomic E-state index is 0.152. The Morgan fingerprint density at radius 3 is 2.55 bits per heavy atom. The van der Waals surface area contributed by atoms with E-state index in [1.54, 1.807) is 12.0 Å². The van der Waals surface area contributed by atoms with Crippen molar-refractivity contribution in [2.75, 3.05) is 26.8 Å². The Kier molecular flexibility index (Phi) is 7.36. The number of Topliss-reactive ketones (excluding diaryl/α,β-unsaturated/α-hetero) is 1. The molecular weight excluding hydrogens is 394 g/mol. The second kappa shape index (κ2) is 9.81. The molecule has 0 atom stereocenters. The summed E-state index contributed by atoms with van der Waals surface area (Å²) in [4.78, 5) is 26.6. The highest BCUT2D eigenvalue weighted by molar-refractivity contribution is 6.00. The highest BCUT2D eigenvalue weighted by Crippen LogP contribution is 2.24. The van der Waals surface area contributed by atoms with Gasteiger partial charge in [0.25, 0.3) is 0 Å². The first kappa shape index (κ1) is 23.3. The van der Waals surface area contributed by atoms with Gasteiger partial charge in [0.2, 0.25) is 0 Å². The van der Waals surface area contributed by atoms with Crippen LogP contribution < -0.4 is 0 Å². The highest BCUT2D eigenvalue weighted by atomic mass is 16.6. The Labute approximate surface area is 184 Å². The first-order chi connectivity index (χ1) is 14.7. The average Bonchev–Trinajstić information content (AvgIpc) is 3.07. The standard InChI is InChI=1S/C24H35N3O4/c1-17-13-21-19(14-20(17)22(28)7-6-12-30-5)16-27(25-21)15-18-8-10-26(11-9-18)23(29)31-24(2,3)4/h13-14,16,18H,6-12,15H2,1-5H3. The second-order valence-corrected chi connectivity index (χ2v) is 9.51. The van der Waals surface area contributed by atoms with Crippen LogP contribution in [0.1, 0.15) is 62.4 Å². The Bertz CT molecular complexity index is 921. The van der Waals surface area contributed by atoms with Crippen molar-refractivity contribution < 1.29 is 19.1 Å². The molecule has 0 saturated carbocycles. The first-order valence-corrected chi connectivity index (χ1v) is 11.1. The molecule has 0 radical (unpaired) electrons. The van der Waals surface area contributed by atoms with Crippen molar-refractivity contribution in [3.05, 3.63) is 29.5 Å². The number of hydrogen-bond acceptors (Lipinski definition) is 5. The van der Waals surface area contributed by atoms with Gasteiger partial charge in [-0.1, -0.05) is 0 Å².